The van der Waals surface area contributed by atoms with Crippen LogP contribution in [-0.2, 0) is 13.1 Å². The summed E-state index contributed by atoms with van der Waals surface area (Å²) in [5.74, 6) is 0.639. The molecule has 2 aromatic rings. The van der Waals surface area contributed by atoms with Crippen LogP contribution in [0.2, 0.25) is 0 Å². The first-order chi connectivity index (χ1) is 8.15. The Labute approximate surface area is 99.6 Å². The van der Waals surface area contributed by atoms with Gasteiger partial charge in [0.15, 0.2) is 0 Å². The molecule has 1 aromatic heterocycles. The first-order valence-electron chi connectivity index (χ1n) is 5.53. The molecule has 0 atom stereocenters. The Kier molecular flexibility index (Phi) is 3.54. The molecule has 0 saturated heterocycles. The van der Waals surface area contributed by atoms with Crippen molar-refractivity contribution in [3.63, 3.8) is 0 Å². The number of nitrogens with one attached hydrogen (secondary N) is 1. The van der Waals surface area contributed by atoms with Crippen LogP contribution in [0.4, 0.5) is 4.39 Å². The average molecular weight is 234 g/mol. The SMILES string of the molecule is Cc1cc(CNCc2ccc(F)c(C)c2)no1. The lowest BCUT2D eigenvalue weighted by molar-refractivity contribution is 0.388. The molecule has 0 radical (unpaired) electrons. The minimum Gasteiger partial charge on any atom is -0.361 e. The first kappa shape index (κ1) is 11.8. The lowest BCUT2D eigenvalue weighted by atomic mass is 10.1. The minimum atomic E-state index is -0.166. The van der Waals surface area contributed by atoms with Gasteiger partial charge in [0.2, 0.25) is 0 Å². The Bertz CT molecular complexity index is 508. The second-order valence-electron chi connectivity index (χ2n) is 4.12. The van der Waals surface area contributed by atoms with E-state index in [0.29, 0.717) is 18.7 Å². The van der Waals surface area contributed by atoms with Gasteiger partial charge in [-0.1, -0.05) is 17.3 Å². The van der Waals surface area contributed by atoms with Gasteiger partial charge >= 0.3 is 0 Å². The molecule has 0 spiro atoms. The molecule has 0 aliphatic heterocycles. The number of hydrogen-bond donors (Lipinski definition) is 1. The maximum Gasteiger partial charge on any atom is 0.133 e. The van der Waals surface area contributed by atoms with Crippen LogP contribution < -0.4 is 5.32 Å². The number of nitrogens with zero attached hydrogens (tertiary/aromatic N) is 1. The van der Waals surface area contributed by atoms with E-state index in [-0.39, 0.29) is 5.82 Å². The fraction of sp³-hybridized carbons (Fsp3) is 0.308. The van der Waals surface area contributed by atoms with Gasteiger partial charge in [0.1, 0.15) is 11.6 Å². The summed E-state index contributed by atoms with van der Waals surface area (Å²) in [6, 6.07) is 7.01. The van der Waals surface area contributed by atoms with E-state index >= 15 is 0 Å². The highest BCUT2D eigenvalue weighted by Gasteiger charge is 2.01. The lowest BCUT2D eigenvalue weighted by Crippen LogP contribution is -2.13. The summed E-state index contributed by atoms with van der Waals surface area (Å²) in [6.45, 7) is 4.96. The Balaban J connectivity index is 1.87. The van der Waals surface area contributed by atoms with Crippen LogP contribution in [-0.4, -0.2) is 5.16 Å². The smallest absolute Gasteiger partial charge is 0.133 e. The molecule has 1 N–H and O–H groups in total. The van der Waals surface area contributed by atoms with E-state index in [1.54, 1.807) is 13.0 Å². The average Bonchev–Trinajstić information content (AvgIpc) is 2.70. The highest BCUT2D eigenvalue weighted by molar-refractivity contribution is 5.23. The van der Waals surface area contributed by atoms with Gasteiger partial charge in [-0.25, -0.2) is 4.39 Å². The predicted molar refractivity (Wildman–Crippen MR) is 62.9 cm³/mol. The molecule has 1 heterocycles. The van der Waals surface area contributed by atoms with Crippen LogP contribution in [0.25, 0.3) is 0 Å². The van der Waals surface area contributed by atoms with Crippen LogP contribution in [0.15, 0.2) is 28.8 Å². The van der Waals surface area contributed by atoms with Gasteiger partial charge in [-0.2, -0.15) is 0 Å². The van der Waals surface area contributed by atoms with Crippen LogP contribution in [0.1, 0.15) is 22.6 Å². The number of aromatic nitrogens is 1. The number of rotatable bonds is 4. The number of aryl methyl sites for hydroxylation is 2. The van der Waals surface area contributed by atoms with Crippen molar-refractivity contribution in [1.29, 1.82) is 0 Å². The van der Waals surface area contributed by atoms with Gasteiger partial charge in [-0.3, -0.25) is 0 Å². The largest absolute Gasteiger partial charge is 0.361 e. The maximum absolute atomic E-state index is 13.0. The zero-order valence-electron chi connectivity index (χ0n) is 9.96. The van der Waals surface area contributed by atoms with Crippen molar-refractivity contribution in [2.75, 3.05) is 0 Å². The highest BCUT2D eigenvalue weighted by atomic mass is 19.1. The summed E-state index contributed by atoms with van der Waals surface area (Å²) in [5, 5.41) is 7.11. The van der Waals surface area contributed by atoms with E-state index in [9.17, 15) is 4.39 Å². The molecular formula is C13H15FN2O. The van der Waals surface area contributed by atoms with E-state index in [1.165, 1.54) is 6.07 Å². The number of hydrogen-bond acceptors (Lipinski definition) is 3. The predicted octanol–water partition coefficient (Wildman–Crippen LogP) is 2.72. The Morgan fingerprint density at radius 1 is 1.24 bits per heavy atom. The van der Waals surface area contributed by atoms with Crippen LogP contribution in [0, 0.1) is 19.7 Å². The van der Waals surface area contributed by atoms with Crippen LogP contribution in [0.3, 0.4) is 0 Å². The molecule has 0 saturated carbocycles. The molecule has 0 unspecified atom stereocenters. The summed E-state index contributed by atoms with van der Waals surface area (Å²) >= 11 is 0. The van der Waals surface area contributed by atoms with Gasteiger partial charge in [0.25, 0.3) is 0 Å². The second kappa shape index (κ2) is 5.10. The van der Waals surface area contributed by atoms with Crippen LogP contribution >= 0.6 is 0 Å². The Hall–Kier alpha value is -1.68. The van der Waals surface area contributed by atoms with E-state index in [4.69, 9.17) is 4.52 Å². The highest BCUT2D eigenvalue weighted by Crippen LogP contribution is 2.09. The van der Waals surface area contributed by atoms with Crippen molar-refractivity contribution < 1.29 is 8.91 Å². The van der Waals surface area contributed by atoms with E-state index < -0.39 is 0 Å². The standard InChI is InChI=1S/C13H15FN2O/c1-9-5-11(3-4-13(9)14)7-15-8-12-6-10(2)17-16-12/h3-6,15H,7-8H2,1-2H3. The molecule has 17 heavy (non-hydrogen) atoms. The molecule has 3 nitrogen and oxygen atoms in total. The zero-order valence-corrected chi connectivity index (χ0v) is 9.96. The van der Waals surface area contributed by atoms with Crippen molar-refractivity contribution in [2.45, 2.75) is 26.9 Å². The topological polar surface area (TPSA) is 38.1 Å². The number of benzene rings is 1. The molecule has 2 rings (SSSR count). The van der Waals surface area contributed by atoms with Gasteiger partial charge in [0.05, 0.1) is 5.69 Å². The second-order valence-corrected chi connectivity index (χ2v) is 4.12. The van der Waals surface area contributed by atoms with E-state index in [1.807, 2.05) is 19.1 Å². The van der Waals surface area contributed by atoms with Crippen molar-refractivity contribution >= 4 is 0 Å². The third-order valence-electron chi connectivity index (χ3n) is 2.53. The molecule has 90 valence electrons. The van der Waals surface area contributed by atoms with Crippen LogP contribution in [0.5, 0.6) is 0 Å². The minimum absolute atomic E-state index is 0.166. The molecule has 1 aromatic carbocycles. The molecule has 0 fully saturated rings. The van der Waals surface area contributed by atoms with Gasteiger partial charge < -0.3 is 9.84 Å². The molecule has 0 bridgehead atoms. The van der Waals surface area contributed by atoms with Gasteiger partial charge in [-0.05, 0) is 31.0 Å². The first-order valence-corrected chi connectivity index (χ1v) is 5.53. The third-order valence-corrected chi connectivity index (χ3v) is 2.53. The Morgan fingerprint density at radius 3 is 2.71 bits per heavy atom. The fourth-order valence-electron chi connectivity index (χ4n) is 1.65. The van der Waals surface area contributed by atoms with Gasteiger partial charge in [-0.15, -0.1) is 0 Å². The summed E-state index contributed by atoms with van der Waals surface area (Å²) in [4.78, 5) is 0. The molecule has 4 heteroatoms. The summed E-state index contributed by atoms with van der Waals surface area (Å²) < 4.78 is 18.0. The fourth-order valence-corrected chi connectivity index (χ4v) is 1.65. The molecular weight excluding hydrogens is 219 g/mol. The summed E-state index contributed by atoms with van der Waals surface area (Å²) in [7, 11) is 0. The third kappa shape index (κ3) is 3.14. The molecule has 0 aliphatic rings. The summed E-state index contributed by atoms with van der Waals surface area (Å²) in [6.07, 6.45) is 0. The number of halogens is 1. The molecule has 0 amide bonds. The van der Waals surface area contributed by atoms with Crippen molar-refractivity contribution in [2.24, 2.45) is 0 Å². The van der Waals surface area contributed by atoms with Crippen molar-refractivity contribution in [3.8, 4) is 0 Å². The van der Waals surface area contributed by atoms with E-state index in [0.717, 1.165) is 17.0 Å². The lowest BCUT2D eigenvalue weighted by Gasteiger charge is -2.04. The van der Waals surface area contributed by atoms with E-state index in [2.05, 4.69) is 10.5 Å². The summed E-state index contributed by atoms with van der Waals surface area (Å²) in [5.41, 5.74) is 2.60. The quantitative estimate of drug-likeness (QED) is 0.883. The molecule has 0 aliphatic carbocycles. The Morgan fingerprint density at radius 2 is 2.06 bits per heavy atom. The monoisotopic (exact) mass is 234 g/mol. The van der Waals surface area contributed by atoms with Gasteiger partial charge in [0, 0.05) is 19.2 Å². The van der Waals surface area contributed by atoms with Crippen molar-refractivity contribution in [3.05, 3.63) is 52.7 Å². The normalized spacial score (nSPS) is 10.8. The van der Waals surface area contributed by atoms with Crippen molar-refractivity contribution in [1.82, 2.24) is 10.5 Å². The maximum atomic E-state index is 13.0. The zero-order chi connectivity index (χ0) is 12.3.